The van der Waals surface area contributed by atoms with Gasteiger partial charge in [0.25, 0.3) is 5.91 Å². The van der Waals surface area contributed by atoms with Crippen LogP contribution in [0.5, 0.6) is 5.75 Å². The average molecular weight is 330 g/mol. The maximum atomic E-state index is 12.1. The summed E-state index contributed by atoms with van der Waals surface area (Å²) in [5.41, 5.74) is -0.162. The van der Waals surface area contributed by atoms with Crippen LogP contribution in [0.2, 0.25) is 0 Å². The number of rotatable bonds is 5. The fourth-order valence-corrected chi connectivity index (χ4v) is 1.93. The van der Waals surface area contributed by atoms with E-state index in [-0.39, 0.29) is 18.6 Å². The number of hydrogen-bond donors (Lipinski definition) is 2. The maximum absolute atomic E-state index is 12.1. The molecule has 1 aromatic rings. The largest absolute Gasteiger partial charge is 0.491 e. The van der Waals surface area contributed by atoms with Gasteiger partial charge >= 0.3 is 0 Å². The maximum Gasteiger partial charge on any atom is 0.251 e. The fraction of sp³-hybridized carbons (Fsp3) is 0.500. The number of benzene rings is 1. The first-order valence-electron chi connectivity index (χ1n) is 6.14. The molecule has 0 aromatic heterocycles. The predicted octanol–water partition coefficient (Wildman–Crippen LogP) is 2.74. The highest BCUT2D eigenvalue weighted by molar-refractivity contribution is 9.10. The highest BCUT2D eigenvalue weighted by Gasteiger charge is 2.20. The van der Waals surface area contributed by atoms with Crippen LogP contribution < -0.4 is 10.1 Å². The normalized spacial score (nSPS) is 11.5. The summed E-state index contributed by atoms with van der Waals surface area (Å²) < 4.78 is 6.36. The number of carbonyl (C=O) groups is 1. The Kier molecular flexibility index (Phi) is 5.38. The summed E-state index contributed by atoms with van der Waals surface area (Å²) >= 11 is 3.36. The standard InChI is InChI=1S/C14H20BrNO3/c1-9(2)19-12-6-10(5-11(15)7-12)13(18)16-14(3,4)8-17/h5-7,9,17H,8H2,1-4H3,(H,16,18). The van der Waals surface area contributed by atoms with Crippen LogP contribution in [0.25, 0.3) is 0 Å². The van der Waals surface area contributed by atoms with E-state index < -0.39 is 5.54 Å². The number of ether oxygens (including phenoxy) is 1. The molecule has 0 atom stereocenters. The molecule has 1 amide bonds. The van der Waals surface area contributed by atoms with Crippen LogP contribution >= 0.6 is 15.9 Å². The molecule has 19 heavy (non-hydrogen) atoms. The van der Waals surface area contributed by atoms with Crippen molar-refractivity contribution < 1.29 is 14.6 Å². The van der Waals surface area contributed by atoms with Crippen molar-refractivity contribution in [2.75, 3.05) is 6.61 Å². The van der Waals surface area contributed by atoms with Gasteiger partial charge in [-0.1, -0.05) is 15.9 Å². The third-order valence-corrected chi connectivity index (χ3v) is 2.81. The Morgan fingerprint density at radius 1 is 1.42 bits per heavy atom. The van der Waals surface area contributed by atoms with Gasteiger partial charge < -0.3 is 15.2 Å². The predicted molar refractivity (Wildman–Crippen MR) is 78.5 cm³/mol. The number of amides is 1. The van der Waals surface area contributed by atoms with E-state index in [1.165, 1.54) is 0 Å². The second-order valence-electron chi connectivity index (χ2n) is 5.34. The lowest BCUT2D eigenvalue weighted by molar-refractivity contribution is 0.0868. The van der Waals surface area contributed by atoms with Crippen molar-refractivity contribution in [1.29, 1.82) is 0 Å². The third kappa shape index (κ3) is 5.20. The average Bonchev–Trinajstić information content (AvgIpc) is 2.26. The molecule has 0 fully saturated rings. The van der Waals surface area contributed by atoms with Gasteiger partial charge in [-0.25, -0.2) is 0 Å². The molecule has 0 unspecified atom stereocenters. The van der Waals surface area contributed by atoms with E-state index in [4.69, 9.17) is 9.84 Å². The molecule has 0 saturated heterocycles. The Bertz CT molecular complexity index is 458. The number of halogens is 1. The van der Waals surface area contributed by atoms with Gasteiger partial charge in [0.2, 0.25) is 0 Å². The van der Waals surface area contributed by atoms with Crippen LogP contribution in [0.15, 0.2) is 22.7 Å². The molecule has 5 heteroatoms. The van der Waals surface area contributed by atoms with Crippen LogP contribution in [0.3, 0.4) is 0 Å². The lowest BCUT2D eigenvalue weighted by Crippen LogP contribution is -2.46. The van der Waals surface area contributed by atoms with Crippen molar-refractivity contribution in [3.8, 4) is 5.75 Å². The molecule has 1 aromatic carbocycles. The molecule has 0 heterocycles. The molecule has 0 bridgehead atoms. The molecule has 0 radical (unpaired) electrons. The van der Waals surface area contributed by atoms with Crippen molar-refractivity contribution in [2.45, 2.75) is 39.3 Å². The van der Waals surface area contributed by atoms with Crippen molar-refractivity contribution >= 4 is 21.8 Å². The molecule has 0 aliphatic carbocycles. The molecule has 0 aliphatic rings. The second-order valence-corrected chi connectivity index (χ2v) is 6.25. The minimum atomic E-state index is -0.654. The first kappa shape index (κ1) is 16.0. The van der Waals surface area contributed by atoms with Gasteiger partial charge in [0.05, 0.1) is 18.2 Å². The Hall–Kier alpha value is -1.07. The lowest BCUT2D eigenvalue weighted by atomic mass is 10.1. The minimum Gasteiger partial charge on any atom is -0.491 e. The van der Waals surface area contributed by atoms with Crippen molar-refractivity contribution in [1.82, 2.24) is 5.32 Å². The van der Waals surface area contributed by atoms with Crippen LogP contribution in [-0.4, -0.2) is 29.3 Å². The highest BCUT2D eigenvalue weighted by Crippen LogP contribution is 2.23. The summed E-state index contributed by atoms with van der Waals surface area (Å²) in [6.45, 7) is 7.25. The van der Waals surface area contributed by atoms with E-state index in [0.717, 1.165) is 4.47 Å². The number of carbonyl (C=O) groups excluding carboxylic acids is 1. The molecule has 0 aliphatic heterocycles. The monoisotopic (exact) mass is 329 g/mol. The van der Waals surface area contributed by atoms with Gasteiger partial charge in [0, 0.05) is 10.0 Å². The van der Waals surface area contributed by atoms with E-state index in [1.807, 2.05) is 19.9 Å². The Morgan fingerprint density at radius 2 is 2.05 bits per heavy atom. The highest BCUT2D eigenvalue weighted by atomic mass is 79.9. The molecule has 2 N–H and O–H groups in total. The Morgan fingerprint density at radius 3 is 2.58 bits per heavy atom. The zero-order valence-corrected chi connectivity index (χ0v) is 13.2. The van der Waals surface area contributed by atoms with E-state index in [2.05, 4.69) is 21.2 Å². The molecule has 1 rings (SSSR count). The zero-order valence-electron chi connectivity index (χ0n) is 11.7. The topological polar surface area (TPSA) is 58.6 Å². The quantitative estimate of drug-likeness (QED) is 0.873. The van der Waals surface area contributed by atoms with Crippen LogP contribution in [0.1, 0.15) is 38.1 Å². The fourth-order valence-electron chi connectivity index (χ4n) is 1.45. The van der Waals surface area contributed by atoms with Crippen molar-refractivity contribution in [3.05, 3.63) is 28.2 Å². The van der Waals surface area contributed by atoms with Gasteiger partial charge in [0.1, 0.15) is 5.75 Å². The van der Waals surface area contributed by atoms with E-state index in [0.29, 0.717) is 11.3 Å². The van der Waals surface area contributed by atoms with Crippen molar-refractivity contribution in [2.24, 2.45) is 0 Å². The molecular weight excluding hydrogens is 310 g/mol. The SMILES string of the molecule is CC(C)Oc1cc(Br)cc(C(=O)NC(C)(C)CO)c1. The molecule has 0 spiro atoms. The summed E-state index contributed by atoms with van der Waals surface area (Å²) in [6.07, 6.45) is 0.0408. The lowest BCUT2D eigenvalue weighted by Gasteiger charge is -2.23. The van der Waals surface area contributed by atoms with Crippen LogP contribution in [0, 0.1) is 0 Å². The van der Waals surface area contributed by atoms with E-state index in [9.17, 15) is 4.79 Å². The van der Waals surface area contributed by atoms with Crippen molar-refractivity contribution in [3.63, 3.8) is 0 Å². The van der Waals surface area contributed by atoms with E-state index in [1.54, 1.807) is 26.0 Å². The summed E-state index contributed by atoms with van der Waals surface area (Å²) in [4.78, 5) is 12.1. The molecule has 4 nitrogen and oxygen atoms in total. The van der Waals surface area contributed by atoms with Gasteiger partial charge in [-0.3, -0.25) is 4.79 Å². The summed E-state index contributed by atoms with van der Waals surface area (Å²) in [5.74, 6) is 0.394. The first-order chi connectivity index (χ1) is 8.73. The molecular formula is C14H20BrNO3. The van der Waals surface area contributed by atoms with Crippen LogP contribution in [-0.2, 0) is 0 Å². The number of nitrogens with one attached hydrogen (secondary N) is 1. The molecule has 106 valence electrons. The van der Waals surface area contributed by atoms with Gasteiger partial charge in [-0.05, 0) is 45.9 Å². The number of aliphatic hydroxyl groups is 1. The number of hydrogen-bond acceptors (Lipinski definition) is 3. The summed E-state index contributed by atoms with van der Waals surface area (Å²) in [7, 11) is 0. The number of aliphatic hydroxyl groups excluding tert-OH is 1. The summed E-state index contributed by atoms with van der Waals surface area (Å²) in [6, 6.07) is 5.22. The minimum absolute atomic E-state index is 0.0408. The van der Waals surface area contributed by atoms with Crippen LogP contribution in [0.4, 0.5) is 0 Å². The third-order valence-electron chi connectivity index (χ3n) is 2.35. The Balaban J connectivity index is 2.94. The van der Waals surface area contributed by atoms with Gasteiger partial charge in [-0.15, -0.1) is 0 Å². The van der Waals surface area contributed by atoms with Gasteiger partial charge in [0.15, 0.2) is 0 Å². The van der Waals surface area contributed by atoms with E-state index >= 15 is 0 Å². The zero-order chi connectivity index (χ0) is 14.6. The second kappa shape index (κ2) is 6.39. The Labute approximate surface area is 122 Å². The molecule has 0 saturated carbocycles. The summed E-state index contributed by atoms with van der Waals surface area (Å²) in [5, 5.41) is 11.9. The first-order valence-corrected chi connectivity index (χ1v) is 6.93. The smallest absolute Gasteiger partial charge is 0.251 e. The van der Waals surface area contributed by atoms with Gasteiger partial charge in [-0.2, -0.15) is 0 Å².